The maximum Gasteiger partial charge on any atom is 0.264 e. The summed E-state index contributed by atoms with van der Waals surface area (Å²) in [5.41, 5.74) is 4.22. The maximum atomic E-state index is 13.2. The van der Waals surface area contributed by atoms with Crippen LogP contribution in [0.1, 0.15) is 5.69 Å². The van der Waals surface area contributed by atoms with E-state index in [2.05, 4.69) is 20.5 Å². The molecule has 0 aliphatic heterocycles. The number of aromatic nitrogens is 4. The Kier molecular flexibility index (Phi) is 5.08. The fraction of sp³-hybridized carbons (Fsp3) is 0.0435. The summed E-state index contributed by atoms with van der Waals surface area (Å²) in [6.45, 7) is 0. The number of hydrogen-bond donors (Lipinski definition) is 2. The van der Waals surface area contributed by atoms with Crippen LogP contribution in [0.4, 0.5) is 10.1 Å². The number of anilines is 1. The summed E-state index contributed by atoms with van der Waals surface area (Å²) in [6, 6.07) is 16.4. The molecule has 0 aliphatic rings. The van der Waals surface area contributed by atoms with Crippen LogP contribution in [-0.4, -0.2) is 25.5 Å². The highest BCUT2D eigenvalue weighted by Crippen LogP contribution is 2.24. The standard InChI is InChI=1S/C23H16FN5O2S/c24-16-5-1-15(2-6-16)20-12-29-18(13-32-23(29)26-20)11-22(31)25-17-7-3-14(4-8-17)19-9-10-21(30)28-27-19/h1-10,12-13H,11H2,(H,25,31)(H,28,30). The van der Waals surface area contributed by atoms with Gasteiger partial charge in [0.1, 0.15) is 5.82 Å². The van der Waals surface area contributed by atoms with Crippen molar-refractivity contribution in [3.63, 3.8) is 0 Å². The van der Waals surface area contributed by atoms with Crippen molar-refractivity contribution < 1.29 is 9.18 Å². The third kappa shape index (κ3) is 4.06. The number of imidazole rings is 1. The lowest BCUT2D eigenvalue weighted by Gasteiger charge is -2.06. The van der Waals surface area contributed by atoms with Crippen molar-refractivity contribution in [2.75, 3.05) is 5.32 Å². The van der Waals surface area contributed by atoms with Gasteiger partial charge in [-0.15, -0.1) is 11.3 Å². The molecule has 158 valence electrons. The van der Waals surface area contributed by atoms with Crippen LogP contribution in [-0.2, 0) is 11.2 Å². The zero-order valence-electron chi connectivity index (χ0n) is 16.6. The maximum absolute atomic E-state index is 13.2. The highest BCUT2D eigenvalue weighted by atomic mass is 32.1. The summed E-state index contributed by atoms with van der Waals surface area (Å²) in [6.07, 6.45) is 2.04. The molecule has 2 N–H and O–H groups in total. The van der Waals surface area contributed by atoms with Crippen molar-refractivity contribution >= 4 is 27.9 Å². The lowest BCUT2D eigenvalue weighted by atomic mass is 10.1. The lowest BCUT2D eigenvalue weighted by molar-refractivity contribution is -0.115. The Morgan fingerprint density at radius 3 is 2.44 bits per heavy atom. The average Bonchev–Trinajstić information content (AvgIpc) is 3.37. The highest BCUT2D eigenvalue weighted by Gasteiger charge is 2.13. The summed E-state index contributed by atoms with van der Waals surface area (Å²) >= 11 is 1.45. The molecule has 0 fully saturated rings. The molecule has 5 rings (SSSR count). The minimum atomic E-state index is -0.296. The molecule has 2 aromatic carbocycles. The van der Waals surface area contributed by atoms with Gasteiger partial charge in [0.05, 0.1) is 17.8 Å². The molecule has 1 amide bonds. The van der Waals surface area contributed by atoms with Gasteiger partial charge in [-0.1, -0.05) is 12.1 Å². The Morgan fingerprint density at radius 2 is 1.72 bits per heavy atom. The lowest BCUT2D eigenvalue weighted by Crippen LogP contribution is -2.15. The Labute approximate surface area is 185 Å². The van der Waals surface area contributed by atoms with Gasteiger partial charge >= 0.3 is 0 Å². The first-order valence-corrected chi connectivity index (χ1v) is 10.6. The van der Waals surface area contributed by atoms with E-state index in [0.717, 1.165) is 27.5 Å². The molecule has 0 saturated heterocycles. The van der Waals surface area contributed by atoms with E-state index in [9.17, 15) is 14.0 Å². The summed E-state index contributed by atoms with van der Waals surface area (Å²) < 4.78 is 15.1. The Balaban J connectivity index is 1.29. The quantitative estimate of drug-likeness (QED) is 0.425. The number of nitrogens with one attached hydrogen (secondary N) is 2. The van der Waals surface area contributed by atoms with E-state index in [4.69, 9.17) is 0 Å². The number of carbonyl (C=O) groups excluding carboxylic acids is 1. The molecule has 7 nitrogen and oxygen atoms in total. The number of H-pyrrole nitrogens is 1. The first-order chi connectivity index (χ1) is 15.5. The molecular weight excluding hydrogens is 429 g/mol. The molecule has 0 bridgehead atoms. The number of benzene rings is 2. The number of thiazole rings is 1. The SMILES string of the molecule is O=C(Cc1csc2nc(-c3ccc(F)cc3)cn12)Nc1ccc(-c2ccc(=O)[nH]n2)cc1. The Hall–Kier alpha value is -4.11. The van der Waals surface area contributed by atoms with E-state index in [1.165, 1.54) is 29.5 Å². The van der Waals surface area contributed by atoms with Crippen molar-refractivity contribution in [1.29, 1.82) is 0 Å². The normalized spacial score (nSPS) is 11.0. The van der Waals surface area contributed by atoms with E-state index < -0.39 is 0 Å². The molecule has 0 aliphatic carbocycles. The van der Waals surface area contributed by atoms with Gasteiger partial charge in [0.2, 0.25) is 5.91 Å². The van der Waals surface area contributed by atoms with Gasteiger partial charge in [-0.05, 0) is 42.5 Å². The molecule has 3 heterocycles. The minimum absolute atomic E-state index is 0.156. The van der Waals surface area contributed by atoms with Crippen LogP contribution in [0.15, 0.2) is 77.0 Å². The van der Waals surface area contributed by atoms with E-state index in [1.807, 2.05) is 28.1 Å². The first-order valence-electron chi connectivity index (χ1n) is 9.72. The number of carbonyl (C=O) groups is 1. The Bertz CT molecular complexity index is 1450. The first kappa shape index (κ1) is 19.8. The molecule has 0 spiro atoms. The minimum Gasteiger partial charge on any atom is -0.326 e. The van der Waals surface area contributed by atoms with Gasteiger partial charge < -0.3 is 5.32 Å². The third-order valence-corrected chi connectivity index (χ3v) is 5.80. The number of hydrogen-bond acceptors (Lipinski definition) is 5. The number of amides is 1. The zero-order chi connectivity index (χ0) is 22.1. The van der Waals surface area contributed by atoms with Crippen LogP contribution in [0.3, 0.4) is 0 Å². The highest BCUT2D eigenvalue weighted by molar-refractivity contribution is 7.15. The van der Waals surface area contributed by atoms with Crippen LogP contribution < -0.4 is 10.9 Å². The Morgan fingerprint density at radius 1 is 1.00 bits per heavy atom. The van der Waals surface area contributed by atoms with Crippen LogP contribution in [0.25, 0.3) is 27.5 Å². The summed E-state index contributed by atoms with van der Waals surface area (Å²) in [5.74, 6) is -0.452. The number of fused-ring (bicyclic) bond motifs is 1. The van der Waals surface area contributed by atoms with Gasteiger partial charge in [0.15, 0.2) is 4.96 Å². The smallest absolute Gasteiger partial charge is 0.264 e. The summed E-state index contributed by atoms with van der Waals surface area (Å²) in [4.78, 5) is 29.1. The van der Waals surface area contributed by atoms with E-state index in [-0.39, 0.29) is 23.7 Å². The predicted molar refractivity (Wildman–Crippen MR) is 121 cm³/mol. The van der Waals surface area contributed by atoms with Crippen molar-refractivity contribution in [3.05, 3.63) is 94.1 Å². The molecule has 3 aromatic heterocycles. The predicted octanol–water partition coefficient (Wildman–Crippen LogP) is 4.13. The average molecular weight is 445 g/mol. The second kappa shape index (κ2) is 8.20. The van der Waals surface area contributed by atoms with Crippen LogP contribution in [0.2, 0.25) is 0 Å². The van der Waals surface area contributed by atoms with Gasteiger partial charge in [0.25, 0.3) is 5.56 Å². The molecule has 0 atom stereocenters. The number of aromatic amines is 1. The third-order valence-electron chi connectivity index (χ3n) is 4.91. The van der Waals surface area contributed by atoms with E-state index in [0.29, 0.717) is 11.4 Å². The van der Waals surface area contributed by atoms with Crippen LogP contribution in [0.5, 0.6) is 0 Å². The zero-order valence-corrected chi connectivity index (χ0v) is 17.4. The van der Waals surface area contributed by atoms with Crippen molar-refractivity contribution in [2.24, 2.45) is 0 Å². The largest absolute Gasteiger partial charge is 0.326 e. The van der Waals surface area contributed by atoms with E-state index in [1.54, 1.807) is 30.3 Å². The van der Waals surface area contributed by atoms with Crippen LogP contribution in [0, 0.1) is 5.82 Å². The van der Waals surface area contributed by atoms with Gasteiger partial charge in [-0.3, -0.25) is 14.0 Å². The molecule has 0 unspecified atom stereocenters. The van der Waals surface area contributed by atoms with Gasteiger partial charge in [-0.25, -0.2) is 14.5 Å². The second-order valence-electron chi connectivity index (χ2n) is 7.12. The molecular formula is C23H16FN5O2S. The topological polar surface area (TPSA) is 92.2 Å². The summed E-state index contributed by atoms with van der Waals surface area (Å²) in [5, 5.41) is 11.2. The molecule has 0 radical (unpaired) electrons. The van der Waals surface area contributed by atoms with Crippen molar-refractivity contribution in [2.45, 2.75) is 6.42 Å². The van der Waals surface area contributed by atoms with Gasteiger partial charge in [0, 0.05) is 40.2 Å². The number of rotatable bonds is 5. The monoisotopic (exact) mass is 445 g/mol. The van der Waals surface area contributed by atoms with Crippen molar-refractivity contribution in [1.82, 2.24) is 19.6 Å². The van der Waals surface area contributed by atoms with Crippen LogP contribution >= 0.6 is 11.3 Å². The number of halogens is 1. The second-order valence-corrected chi connectivity index (χ2v) is 7.96. The fourth-order valence-electron chi connectivity index (χ4n) is 3.32. The van der Waals surface area contributed by atoms with Crippen molar-refractivity contribution in [3.8, 4) is 22.5 Å². The molecule has 5 aromatic rings. The molecule has 32 heavy (non-hydrogen) atoms. The molecule has 0 saturated carbocycles. The van der Waals surface area contributed by atoms with E-state index >= 15 is 0 Å². The fourth-order valence-corrected chi connectivity index (χ4v) is 4.19. The molecule has 9 heteroatoms. The summed E-state index contributed by atoms with van der Waals surface area (Å²) in [7, 11) is 0. The number of nitrogens with zero attached hydrogens (tertiary/aromatic N) is 3. The van der Waals surface area contributed by atoms with Gasteiger partial charge in [-0.2, -0.15) is 5.10 Å².